The number of carbonyl (C=O) groups is 3. The van der Waals surface area contributed by atoms with Crippen LogP contribution in [0, 0.1) is 0 Å². The molecule has 1 aliphatic carbocycles. The molecule has 174 valence electrons. The van der Waals surface area contributed by atoms with Gasteiger partial charge in [-0.1, -0.05) is 31.4 Å². The summed E-state index contributed by atoms with van der Waals surface area (Å²) in [5.41, 5.74) is 3.55. The predicted molar refractivity (Wildman–Crippen MR) is 131 cm³/mol. The average Bonchev–Trinajstić information content (AvgIpc) is 3.24. The van der Waals surface area contributed by atoms with Gasteiger partial charge in [0.15, 0.2) is 0 Å². The first kappa shape index (κ1) is 23.0. The van der Waals surface area contributed by atoms with E-state index in [4.69, 9.17) is 0 Å². The number of benzene rings is 2. The van der Waals surface area contributed by atoms with Gasteiger partial charge in [-0.3, -0.25) is 14.4 Å². The minimum absolute atomic E-state index is 0.0571. The Bertz CT molecular complexity index is 1010. The van der Waals surface area contributed by atoms with E-state index in [1.165, 1.54) is 49.5 Å². The number of hydrogen-bond acceptors (Lipinski definition) is 3. The van der Waals surface area contributed by atoms with Crippen molar-refractivity contribution in [3.63, 3.8) is 0 Å². The number of amides is 3. The molecule has 1 saturated heterocycles. The summed E-state index contributed by atoms with van der Waals surface area (Å²) < 4.78 is 0. The molecule has 1 aliphatic heterocycles. The second kappa shape index (κ2) is 9.77. The van der Waals surface area contributed by atoms with Crippen molar-refractivity contribution < 1.29 is 14.4 Å². The summed E-state index contributed by atoms with van der Waals surface area (Å²) in [7, 11) is 3.44. The average molecular weight is 448 g/mol. The maximum absolute atomic E-state index is 13.0. The van der Waals surface area contributed by atoms with E-state index in [-0.39, 0.29) is 17.7 Å². The Morgan fingerprint density at radius 2 is 1.52 bits per heavy atom. The van der Waals surface area contributed by atoms with Crippen molar-refractivity contribution in [2.24, 2.45) is 0 Å². The summed E-state index contributed by atoms with van der Waals surface area (Å²) >= 11 is 0. The summed E-state index contributed by atoms with van der Waals surface area (Å²) in [4.78, 5) is 42.3. The third-order valence-corrected chi connectivity index (χ3v) is 7.23. The lowest BCUT2D eigenvalue weighted by Gasteiger charge is -2.24. The Morgan fingerprint density at radius 1 is 0.879 bits per heavy atom. The molecule has 2 fully saturated rings. The zero-order valence-electron chi connectivity index (χ0n) is 19.8. The summed E-state index contributed by atoms with van der Waals surface area (Å²) in [6, 6.07) is 15.1. The van der Waals surface area contributed by atoms with Crippen molar-refractivity contribution in [2.45, 2.75) is 57.4 Å². The van der Waals surface area contributed by atoms with E-state index in [9.17, 15) is 14.4 Å². The van der Waals surface area contributed by atoms with E-state index in [0.717, 1.165) is 11.4 Å². The molecule has 1 atom stereocenters. The zero-order chi connectivity index (χ0) is 23.5. The molecule has 6 heteroatoms. The monoisotopic (exact) mass is 447 g/mol. The van der Waals surface area contributed by atoms with Crippen molar-refractivity contribution in [3.8, 4) is 0 Å². The minimum Gasteiger partial charge on any atom is -0.334 e. The summed E-state index contributed by atoms with van der Waals surface area (Å²) in [5.74, 6) is 0.384. The normalized spacial score (nSPS) is 18.9. The molecule has 3 amide bonds. The fourth-order valence-electron chi connectivity index (χ4n) is 5.00. The van der Waals surface area contributed by atoms with Crippen LogP contribution < -0.4 is 9.80 Å². The summed E-state index contributed by atoms with van der Waals surface area (Å²) in [5, 5.41) is 0. The van der Waals surface area contributed by atoms with Gasteiger partial charge in [-0.25, -0.2) is 0 Å². The van der Waals surface area contributed by atoms with Crippen LogP contribution in [-0.2, 0) is 9.59 Å². The van der Waals surface area contributed by atoms with Crippen molar-refractivity contribution in [2.75, 3.05) is 30.4 Å². The number of rotatable bonds is 5. The molecule has 1 heterocycles. The molecule has 4 rings (SSSR count). The highest BCUT2D eigenvalue weighted by molar-refractivity contribution is 6.06. The van der Waals surface area contributed by atoms with Crippen LogP contribution in [-0.4, -0.2) is 49.3 Å². The molecule has 1 saturated carbocycles. The molecule has 0 spiro atoms. The maximum Gasteiger partial charge on any atom is 0.258 e. The minimum atomic E-state index is -0.414. The number of carbonyl (C=O) groups excluding carboxylic acids is 3. The summed E-state index contributed by atoms with van der Waals surface area (Å²) in [6.07, 6.45) is 7.02. The molecule has 0 aromatic heterocycles. The van der Waals surface area contributed by atoms with E-state index in [0.29, 0.717) is 24.4 Å². The lowest BCUT2D eigenvalue weighted by atomic mass is 9.84. The topological polar surface area (TPSA) is 60.9 Å². The van der Waals surface area contributed by atoms with Crippen LogP contribution in [0.3, 0.4) is 0 Å². The van der Waals surface area contributed by atoms with E-state index in [2.05, 4.69) is 12.1 Å². The van der Waals surface area contributed by atoms with Crippen LogP contribution in [0.1, 0.15) is 67.3 Å². The molecule has 6 nitrogen and oxygen atoms in total. The van der Waals surface area contributed by atoms with Gasteiger partial charge in [0.2, 0.25) is 11.8 Å². The van der Waals surface area contributed by atoms with Gasteiger partial charge in [0.25, 0.3) is 5.91 Å². The molecule has 1 unspecified atom stereocenters. The second-order valence-electron chi connectivity index (χ2n) is 9.26. The first-order valence-electron chi connectivity index (χ1n) is 11.9. The van der Waals surface area contributed by atoms with Gasteiger partial charge in [0.1, 0.15) is 6.04 Å². The lowest BCUT2D eigenvalue weighted by Crippen LogP contribution is -2.41. The van der Waals surface area contributed by atoms with Gasteiger partial charge in [-0.05, 0) is 67.1 Å². The summed E-state index contributed by atoms with van der Waals surface area (Å²) in [6.45, 7) is 2.05. The Labute approximate surface area is 196 Å². The Morgan fingerprint density at radius 3 is 2.12 bits per heavy atom. The van der Waals surface area contributed by atoms with Crippen molar-refractivity contribution in [3.05, 3.63) is 59.7 Å². The smallest absolute Gasteiger partial charge is 0.258 e. The highest BCUT2D eigenvalue weighted by Gasteiger charge is 2.36. The molecular formula is C27H33N3O3. The fourth-order valence-corrected chi connectivity index (χ4v) is 5.00. The molecule has 2 aromatic carbocycles. The van der Waals surface area contributed by atoms with Gasteiger partial charge in [-0.15, -0.1) is 0 Å². The molecule has 2 aromatic rings. The quantitative estimate of drug-likeness (QED) is 0.673. The number of anilines is 2. The first-order chi connectivity index (χ1) is 15.9. The standard InChI is InChI=1S/C27H33N3O3/c1-19(31)28(2)25-17-18-30(27(25)33)24-15-13-23(14-16-24)29(3)26(32)22-11-9-21(10-12-22)20-7-5-4-6-8-20/h9-16,20,25H,4-8,17-18H2,1-3H3. The molecule has 2 aliphatic rings. The molecule has 0 bridgehead atoms. The third kappa shape index (κ3) is 4.80. The largest absolute Gasteiger partial charge is 0.334 e. The second-order valence-corrected chi connectivity index (χ2v) is 9.26. The van der Waals surface area contributed by atoms with Gasteiger partial charge in [0.05, 0.1) is 0 Å². The SMILES string of the molecule is CC(=O)N(C)C1CCN(c2ccc(N(C)C(=O)c3ccc(C4CCCCC4)cc3)cc2)C1=O. The highest BCUT2D eigenvalue weighted by Crippen LogP contribution is 2.33. The predicted octanol–water partition coefficient (Wildman–Crippen LogP) is 4.59. The lowest BCUT2D eigenvalue weighted by molar-refractivity contribution is -0.134. The van der Waals surface area contributed by atoms with E-state index in [1.807, 2.05) is 36.4 Å². The number of nitrogens with zero attached hydrogens (tertiary/aromatic N) is 3. The maximum atomic E-state index is 13.0. The Kier molecular flexibility index (Phi) is 6.82. The number of hydrogen-bond donors (Lipinski definition) is 0. The van der Waals surface area contributed by atoms with Crippen LogP contribution >= 0.6 is 0 Å². The van der Waals surface area contributed by atoms with E-state index in [1.54, 1.807) is 23.9 Å². The molecular weight excluding hydrogens is 414 g/mol. The van der Waals surface area contributed by atoms with Crippen molar-refractivity contribution in [1.29, 1.82) is 0 Å². The zero-order valence-corrected chi connectivity index (χ0v) is 19.8. The van der Waals surface area contributed by atoms with E-state index >= 15 is 0 Å². The molecule has 0 radical (unpaired) electrons. The van der Waals surface area contributed by atoms with Crippen LogP contribution in [0.15, 0.2) is 48.5 Å². The van der Waals surface area contributed by atoms with Crippen molar-refractivity contribution in [1.82, 2.24) is 4.90 Å². The van der Waals surface area contributed by atoms with Gasteiger partial charge in [0, 0.05) is 44.5 Å². The molecule has 0 N–H and O–H groups in total. The van der Waals surface area contributed by atoms with Crippen LogP contribution in [0.5, 0.6) is 0 Å². The van der Waals surface area contributed by atoms with Crippen molar-refractivity contribution >= 4 is 29.1 Å². The van der Waals surface area contributed by atoms with E-state index < -0.39 is 6.04 Å². The van der Waals surface area contributed by atoms with Crippen LogP contribution in [0.4, 0.5) is 11.4 Å². The Hall–Kier alpha value is -3.15. The third-order valence-electron chi connectivity index (χ3n) is 7.23. The van der Waals surface area contributed by atoms with Gasteiger partial charge >= 0.3 is 0 Å². The van der Waals surface area contributed by atoms with Gasteiger partial charge in [-0.2, -0.15) is 0 Å². The van der Waals surface area contributed by atoms with Gasteiger partial charge < -0.3 is 14.7 Å². The highest BCUT2D eigenvalue weighted by atomic mass is 16.2. The fraction of sp³-hybridized carbons (Fsp3) is 0.444. The van der Waals surface area contributed by atoms with Crippen LogP contribution in [0.2, 0.25) is 0 Å². The Balaban J connectivity index is 1.42. The first-order valence-corrected chi connectivity index (χ1v) is 11.9. The number of likely N-dealkylation sites (N-methyl/N-ethyl adjacent to an activating group) is 1. The molecule has 33 heavy (non-hydrogen) atoms. The van der Waals surface area contributed by atoms with Crippen LogP contribution in [0.25, 0.3) is 0 Å².